The molecule has 2 rings (SSSR count). The maximum atomic E-state index is 13.4. The number of guanidine groups is 1. The van der Waals surface area contributed by atoms with Crippen molar-refractivity contribution in [2.75, 3.05) is 32.7 Å². The summed E-state index contributed by atoms with van der Waals surface area (Å²) in [4.78, 5) is 18.4. The van der Waals surface area contributed by atoms with Crippen LogP contribution in [0, 0.1) is 17.6 Å². The zero-order valence-corrected chi connectivity index (χ0v) is 17.6. The van der Waals surface area contributed by atoms with E-state index in [1.807, 2.05) is 20.8 Å². The highest BCUT2D eigenvalue weighted by Crippen LogP contribution is 2.15. The van der Waals surface area contributed by atoms with Gasteiger partial charge in [-0.3, -0.25) is 14.7 Å². The zero-order chi connectivity index (χ0) is 21.2. The highest BCUT2D eigenvalue weighted by molar-refractivity contribution is 5.80. The van der Waals surface area contributed by atoms with Gasteiger partial charge >= 0.3 is 0 Å². The standard InChI is InChI=1S/C21H33F2N5O/c1-4-24-21(26-10-9-25-20(29)15(2)3)27-17-7-11-28(12-8-17)14-16-5-6-18(22)19(23)13-16/h5-6,13,15,17H,4,7-12,14H2,1-3H3,(H,25,29)(H2,24,26,27). The molecule has 1 aromatic carbocycles. The van der Waals surface area contributed by atoms with E-state index in [4.69, 9.17) is 0 Å². The molecule has 0 aliphatic carbocycles. The van der Waals surface area contributed by atoms with E-state index >= 15 is 0 Å². The van der Waals surface area contributed by atoms with Crippen LogP contribution in [-0.2, 0) is 11.3 Å². The molecule has 29 heavy (non-hydrogen) atoms. The number of benzene rings is 1. The molecule has 0 bridgehead atoms. The molecule has 1 aromatic rings. The van der Waals surface area contributed by atoms with Crippen molar-refractivity contribution in [1.82, 2.24) is 20.9 Å². The van der Waals surface area contributed by atoms with E-state index in [1.165, 1.54) is 12.1 Å². The van der Waals surface area contributed by atoms with Crippen molar-refractivity contribution >= 4 is 11.9 Å². The smallest absolute Gasteiger partial charge is 0.222 e. The summed E-state index contributed by atoms with van der Waals surface area (Å²) in [5, 5.41) is 9.56. The van der Waals surface area contributed by atoms with Gasteiger partial charge in [0.25, 0.3) is 0 Å². The summed E-state index contributed by atoms with van der Waals surface area (Å²) in [6, 6.07) is 4.39. The molecule has 0 atom stereocenters. The summed E-state index contributed by atoms with van der Waals surface area (Å²) in [5.41, 5.74) is 0.786. The molecule has 1 aliphatic rings. The number of likely N-dealkylation sites (tertiary alicyclic amines) is 1. The topological polar surface area (TPSA) is 68.8 Å². The fourth-order valence-corrected chi connectivity index (χ4v) is 3.20. The molecule has 1 amide bonds. The summed E-state index contributed by atoms with van der Waals surface area (Å²) in [6.45, 7) is 9.91. The summed E-state index contributed by atoms with van der Waals surface area (Å²) >= 11 is 0. The van der Waals surface area contributed by atoms with Crippen LogP contribution in [0.2, 0.25) is 0 Å². The SMILES string of the molecule is CCNC(=NCCNC(=O)C(C)C)NC1CCN(Cc2ccc(F)c(F)c2)CC1. The Morgan fingerprint density at radius 1 is 1.21 bits per heavy atom. The van der Waals surface area contributed by atoms with Gasteiger partial charge in [-0.1, -0.05) is 19.9 Å². The molecule has 0 unspecified atom stereocenters. The van der Waals surface area contributed by atoms with Gasteiger partial charge in [-0.05, 0) is 37.5 Å². The van der Waals surface area contributed by atoms with Crippen LogP contribution in [0.25, 0.3) is 0 Å². The van der Waals surface area contributed by atoms with E-state index in [0.29, 0.717) is 25.7 Å². The van der Waals surface area contributed by atoms with E-state index in [2.05, 4.69) is 25.8 Å². The Kier molecular flexibility index (Phi) is 9.31. The molecule has 0 saturated carbocycles. The summed E-state index contributed by atoms with van der Waals surface area (Å²) in [6.07, 6.45) is 1.89. The van der Waals surface area contributed by atoms with Gasteiger partial charge in [-0.2, -0.15) is 0 Å². The molecule has 3 N–H and O–H groups in total. The van der Waals surface area contributed by atoms with Crippen molar-refractivity contribution in [2.24, 2.45) is 10.9 Å². The number of carbonyl (C=O) groups excluding carboxylic acids is 1. The van der Waals surface area contributed by atoms with E-state index in [-0.39, 0.29) is 11.8 Å². The van der Waals surface area contributed by atoms with Gasteiger partial charge in [0.15, 0.2) is 17.6 Å². The number of piperidine rings is 1. The minimum atomic E-state index is -0.810. The van der Waals surface area contributed by atoms with Crippen LogP contribution >= 0.6 is 0 Å². The van der Waals surface area contributed by atoms with Crippen molar-refractivity contribution < 1.29 is 13.6 Å². The number of hydrogen-bond acceptors (Lipinski definition) is 3. The van der Waals surface area contributed by atoms with E-state index in [9.17, 15) is 13.6 Å². The third-order valence-electron chi connectivity index (χ3n) is 4.87. The number of nitrogens with zero attached hydrogens (tertiary/aromatic N) is 2. The van der Waals surface area contributed by atoms with Crippen LogP contribution in [0.5, 0.6) is 0 Å². The van der Waals surface area contributed by atoms with E-state index in [0.717, 1.165) is 44.0 Å². The average Bonchev–Trinajstić information content (AvgIpc) is 2.69. The van der Waals surface area contributed by atoms with E-state index in [1.54, 1.807) is 6.07 Å². The molecule has 162 valence electrons. The summed E-state index contributed by atoms with van der Waals surface area (Å²) < 4.78 is 26.4. The van der Waals surface area contributed by atoms with Gasteiger partial charge in [0.1, 0.15) is 0 Å². The second-order valence-corrected chi connectivity index (χ2v) is 7.65. The van der Waals surface area contributed by atoms with Gasteiger partial charge in [0, 0.05) is 44.7 Å². The lowest BCUT2D eigenvalue weighted by atomic mass is 10.0. The number of rotatable bonds is 8. The monoisotopic (exact) mass is 409 g/mol. The minimum absolute atomic E-state index is 0.0260. The first kappa shape index (κ1) is 23.1. The Hall–Kier alpha value is -2.22. The Morgan fingerprint density at radius 3 is 2.55 bits per heavy atom. The van der Waals surface area contributed by atoms with Crippen LogP contribution in [0.3, 0.4) is 0 Å². The number of aliphatic imine (C=N–C) groups is 1. The maximum Gasteiger partial charge on any atom is 0.222 e. The lowest BCUT2D eigenvalue weighted by Gasteiger charge is -2.33. The number of halogens is 2. The zero-order valence-electron chi connectivity index (χ0n) is 17.6. The van der Waals surface area contributed by atoms with Crippen LogP contribution in [0.1, 0.15) is 39.2 Å². The summed E-state index contributed by atoms with van der Waals surface area (Å²) in [7, 11) is 0. The van der Waals surface area contributed by atoms with Gasteiger partial charge < -0.3 is 16.0 Å². The van der Waals surface area contributed by atoms with E-state index < -0.39 is 11.6 Å². The molecule has 1 fully saturated rings. The molecule has 0 spiro atoms. The predicted octanol–water partition coefficient (Wildman–Crippen LogP) is 2.26. The third-order valence-corrected chi connectivity index (χ3v) is 4.87. The number of hydrogen-bond donors (Lipinski definition) is 3. The Morgan fingerprint density at radius 2 is 1.93 bits per heavy atom. The number of carbonyl (C=O) groups is 1. The van der Waals surface area contributed by atoms with Gasteiger partial charge in [0.2, 0.25) is 5.91 Å². The molecular weight excluding hydrogens is 376 g/mol. The van der Waals surface area contributed by atoms with Gasteiger partial charge in [0.05, 0.1) is 6.54 Å². The molecule has 0 aromatic heterocycles. The quantitative estimate of drug-likeness (QED) is 0.350. The number of nitrogens with one attached hydrogen (secondary N) is 3. The summed E-state index contributed by atoms with van der Waals surface area (Å²) in [5.74, 6) is -0.843. The Bertz CT molecular complexity index is 688. The molecule has 1 aliphatic heterocycles. The van der Waals surface area contributed by atoms with Crippen LogP contribution in [0.15, 0.2) is 23.2 Å². The van der Waals surface area contributed by atoms with Crippen molar-refractivity contribution in [3.8, 4) is 0 Å². The molecule has 8 heteroatoms. The lowest BCUT2D eigenvalue weighted by Crippen LogP contribution is -2.48. The fourth-order valence-electron chi connectivity index (χ4n) is 3.20. The second kappa shape index (κ2) is 11.7. The van der Waals surface area contributed by atoms with Gasteiger partial charge in [-0.25, -0.2) is 8.78 Å². The first-order valence-corrected chi connectivity index (χ1v) is 10.4. The van der Waals surface area contributed by atoms with Gasteiger partial charge in [-0.15, -0.1) is 0 Å². The van der Waals surface area contributed by atoms with Crippen LogP contribution < -0.4 is 16.0 Å². The van der Waals surface area contributed by atoms with Crippen molar-refractivity contribution in [3.05, 3.63) is 35.4 Å². The molecule has 1 heterocycles. The van der Waals surface area contributed by atoms with Crippen molar-refractivity contribution in [1.29, 1.82) is 0 Å². The second-order valence-electron chi connectivity index (χ2n) is 7.65. The molecule has 1 saturated heterocycles. The first-order valence-electron chi connectivity index (χ1n) is 10.4. The largest absolute Gasteiger partial charge is 0.357 e. The molecule has 0 radical (unpaired) electrons. The molecular formula is C21H33F2N5O. The fraction of sp³-hybridized carbons (Fsp3) is 0.619. The Balaban J connectivity index is 1.76. The Labute approximate surface area is 172 Å². The molecule has 6 nitrogen and oxygen atoms in total. The third kappa shape index (κ3) is 7.97. The predicted molar refractivity (Wildman–Crippen MR) is 112 cm³/mol. The van der Waals surface area contributed by atoms with Crippen LogP contribution in [0.4, 0.5) is 8.78 Å². The van der Waals surface area contributed by atoms with Crippen LogP contribution in [-0.4, -0.2) is 55.5 Å². The lowest BCUT2D eigenvalue weighted by molar-refractivity contribution is -0.123. The number of amides is 1. The highest BCUT2D eigenvalue weighted by Gasteiger charge is 2.20. The maximum absolute atomic E-state index is 13.4. The van der Waals surface area contributed by atoms with Crippen molar-refractivity contribution in [2.45, 2.75) is 46.2 Å². The highest BCUT2D eigenvalue weighted by atomic mass is 19.2. The normalized spacial score (nSPS) is 16.1. The first-order chi connectivity index (χ1) is 13.9. The minimum Gasteiger partial charge on any atom is -0.357 e. The van der Waals surface area contributed by atoms with Crippen molar-refractivity contribution in [3.63, 3.8) is 0 Å². The average molecular weight is 410 g/mol.